The number of benzene rings is 1. The van der Waals surface area contributed by atoms with E-state index in [1.165, 1.54) is 0 Å². The molecule has 2 aromatic rings. The maximum absolute atomic E-state index is 12.4. The quantitative estimate of drug-likeness (QED) is 0.782. The predicted octanol–water partition coefficient (Wildman–Crippen LogP) is 2.05. The van der Waals surface area contributed by atoms with Crippen LogP contribution in [0, 0.1) is 0 Å². The number of fused-ring (bicyclic) bond motifs is 1. The molecule has 0 atom stereocenters. The first-order chi connectivity index (χ1) is 9.13. The van der Waals surface area contributed by atoms with Crippen LogP contribution in [0.15, 0.2) is 30.5 Å². The van der Waals surface area contributed by atoms with Crippen LogP contribution in [0.3, 0.4) is 0 Å². The molecule has 102 valence electrons. The Labute approximate surface area is 113 Å². The lowest BCUT2D eigenvalue weighted by molar-refractivity contribution is 0.0883. The van der Waals surface area contributed by atoms with E-state index in [-0.39, 0.29) is 18.4 Å². The summed E-state index contributed by atoms with van der Waals surface area (Å²) in [6, 6.07) is 8.02. The van der Waals surface area contributed by atoms with E-state index in [4.69, 9.17) is 5.11 Å². The second-order valence-corrected chi connectivity index (χ2v) is 4.96. The summed E-state index contributed by atoms with van der Waals surface area (Å²) >= 11 is 0. The summed E-state index contributed by atoms with van der Waals surface area (Å²) < 4.78 is 0. The number of nitrogens with zero attached hydrogens (tertiary/aromatic N) is 1. The molecule has 1 heterocycles. The smallest absolute Gasteiger partial charge is 0.178 e. The third-order valence-corrected chi connectivity index (χ3v) is 3.35. The van der Waals surface area contributed by atoms with E-state index >= 15 is 0 Å². The Morgan fingerprint density at radius 3 is 2.79 bits per heavy atom. The molecule has 0 aliphatic rings. The van der Waals surface area contributed by atoms with Crippen LogP contribution in [0.2, 0.25) is 0 Å². The molecule has 2 rings (SSSR count). The van der Waals surface area contributed by atoms with Gasteiger partial charge in [-0.3, -0.25) is 9.69 Å². The number of rotatable bonds is 6. The Balaban J connectivity index is 2.19. The van der Waals surface area contributed by atoms with Crippen LogP contribution in [-0.2, 0) is 0 Å². The third kappa shape index (κ3) is 3.03. The molecule has 0 saturated heterocycles. The predicted molar refractivity (Wildman–Crippen MR) is 76.4 cm³/mol. The van der Waals surface area contributed by atoms with E-state index in [9.17, 15) is 4.79 Å². The van der Waals surface area contributed by atoms with Gasteiger partial charge in [-0.05, 0) is 19.9 Å². The Morgan fingerprint density at radius 2 is 2.11 bits per heavy atom. The molecule has 1 aromatic heterocycles. The number of aromatic amines is 1. The van der Waals surface area contributed by atoms with Crippen molar-refractivity contribution in [3.63, 3.8) is 0 Å². The van der Waals surface area contributed by atoms with Crippen LogP contribution < -0.4 is 0 Å². The zero-order valence-electron chi connectivity index (χ0n) is 11.4. The molecule has 0 radical (unpaired) electrons. The molecule has 2 N–H and O–H groups in total. The topological polar surface area (TPSA) is 56.3 Å². The van der Waals surface area contributed by atoms with Gasteiger partial charge in [0.25, 0.3) is 0 Å². The average molecular weight is 260 g/mol. The number of H-pyrrole nitrogens is 1. The molecule has 19 heavy (non-hydrogen) atoms. The van der Waals surface area contributed by atoms with E-state index in [1.54, 1.807) is 6.20 Å². The minimum atomic E-state index is 0.0688. The van der Waals surface area contributed by atoms with Crippen LogP contribution in [-0.4, -0.2) is 46.5 Å². The van der Waals surface area contributed by atoms with Crippen molar-refractivity contribution in [1.82, 2.24) is 9.88 Å². The monoisotopic (exact) mass is 260 g/mol. The molecule has 0 bridgehead atoms. The van der Waals surface area contributed by atoms with E-state index in [0.717, 1.165) is 16.5 Å². The summed E-state index contributed by atoms with van der Waals surface area (Å²) in [5, 5.41) is 10.0. The summed E-state index contributed by atoms with van der Waals surface area (Å²) in [5.41, 5.74) is 1.70. The number of hydrogen-bond acceptors (Lipinski definition) is 3. The fraction of sp³-hybridized carbons (Fsp3) is 0.400. The fourth-order valence-electron chi connectivity index (χ4n) is 2.22. The van der Waals surface area contributed by atoms with Gasteiger partial charge in [-0.15, -0.1) is 0 Å². The van der Waals surface area contributed by atoms with Crippen molar-refractivity contribution in [1.29, 1.82) is 0 Å². The average Bonchev–Trinajstić information content (AvgIpc) is 2.81. The molecule has 0 unspecified atom stereocenters. The number of para-hydroxylation sites is 1. The van der Waals surface area contributed by atoms with Gasteiger partial charge in [-0.25, -0.2) is 0 Å². The lowest BCUT2D eigenvalue weighted by Crippen LogP contribution is -2.37. The Morgan fingerprint density at radius 1 is 1.37 bits per heavy atom. The highest BCUT2D eigenvalue weighted by Crippen LogP contribution is 2.18. The molecule has 0 fully saturated rings. The van der Waals surface area contributed by atoms with Crippen molar-refractivity contribution in [3.8, 4) is 0 Å². The molecule has 0 spiro atoms. The van der Waals surface area contributed by atoms with Crippen LogP contribution in [0.1, 0.15) is 24.2 Å². The lowest BCUT2D eigenvalue weighted by Gasteiger charge is -2.24. The van der Waals surface area contributed by atoms with Gasteiger partial charge in [0.05, 0.1) is 13.2 Å². The summed E-state index contributed by atoms with van der Waals surface area (Å²) in [6.07, 6.45) is 1.77. The van der Waals surface area contributed by atoms with E-state index in [0.29, 0.717) is 13.1 Å². The van der Waals surface area contributed by atoms with E-state index in [2.05, 4.69) is 4.98 Å². The van der Waals surface area contributed by atoms with Crippen molar-refractivity contribution in [3.05, 3.63) is 36.0 Å². The maximum Gasteiger partial charge on any atom is 0.178 e. The van der Waals surface area contributed by atoms with Gasteiger partial charge in [-0.1, -0.05) is 18.2 Å². The Bertz CT molecular complexity index is 560. The van der Waals surface area contributed by atoms with Crippen molar-refractivity contribution in [2.45, 2.75) is 19.9 Å². The van der Waals surface area contributed by atoms with Gasteiger partial charge in [0.2, 0.25) is 0 Å². The van der Waals surface area contributed by atoms with Gasteiger partial charge in [0.1, 0.15) is 0 Å². The molecular weight excluding hydrogens is 240 g/mol. The molecule has 0 saturated carbocycles. The minimum Gasteiger partial charge on any atom is -0.395 e. The van der Waals surface area contributed by atoms with Crippen molar-refractivity contribution in [2.75, 3.05) is 19.7 Å². The zero-order chi connectivity index (χ0) is 13.8. The Kier molecular flexibility index (Phi) is 4.35. The lowest BCUT2D eigenvalue weighted by atomic mass is 10.1. The van der Waals surface area contributed by atoms with Crippen LogP contribution >= 0.6 is 0 Å². The number of ketones is 1. The standard InChI is InChI=1S/C15H20N2O2/c1-11(2)17(7-8-18)10-15(19)13-9-16-14-6-4-3-5-12(13)14/h3-6,9,11,16,18H,7-8,10H2,1-2H3. The van der Waals surface area contributed by atoms with Crippen molar-refractivity contribution >= 4 is 16.7 Å². The molecule has 0 aliphatic heterocycles. The van der Waals surface area contributed by atoms with E-state index in [1.807, 2.05) is 43.0 Å². The van der Waals surface area contributed by atoms with Gasteiger partial charge in [0, 0.05) is 35.2 Å². The van der Waals surface area contributed by atoms with Crippen LogP contribution in [0.4, 0.5) is 0 Å². The second kappa shape index (κ2) is 5.99. The summed E-state index contributed by atoms with van der Waals surface area (Å²) in [4.78, 5) is 17.5. The SMILES string of the molecule is CC(C)N(CCO)CC(=O)c1c[nH]c2ccccc12. The molecule has 0 aliphatic carbocycles. The van der Waals surface area contributed by atoms with Gasteiger partial charge >= 0.3 is 0 Å². The summed E-state index contributed by atoms with van der Waals surface area (Å²) in [6.45, 7) is 4.97. The summed E-state index contributed by atoms with van der Waals surface area (Å²) in [5.74, 6) is 0.0830. The largest absolute Gasteiger partial charge is 0.395 e. The number of carbonyl (C=O) groups is 1. The van der Waals surface area contributed by atoms with Crippen LogP contribution in [0.5, 0.6) is 0 Å². The number of carbonyl (C=O) groups excluding carboxylic acids is 1. The first kappa shape index (κ1) is 13.8. The van der Waals surface area contributed by atoms with Crippen LogP contribution in [0.25, 0.3) is 10.9 Å². The highest BCUT2D eigenvalue weighted by molar-refractivity contribution is 6.08. The van der Waals surface area contributed by atoms with E-state index < -0.39 is 0 Å². The first-order valence-electron chi connectivity index (χ1n) is 6.57. The minimum absolute atomic E-state index is 0.0688. The van der Waals surface area contributed by atoms with Gasteiger partial charge < -0.3 is 10.1 Å². The second-order valence-electron chi connectivity index (χ2n) is 4.96. The molecular formula is C15H20N2O2. The first-order valence-corrected chi connectivity index (χ1v) is 6.57. The van der Waals surface area contributed by atoms with Gasteiger partial charge in [0.15, 0.2) is 5.78 Å². The third-order valence-electron chi connectivity index (χ3n) is 3.35. The highest BCUT2D eigenvalue weighted by Gasteiger charge is 2.17. The zero-order valence-corrected chi connectivity index (χ0v) is 11.4. The maximum atomic E-state index is 12.4. The number of aromatic nitrogens is 1. The molecule has 4 heteroatoms. The number of nitrogens with one attached hydrogen (secondary N) is 1. The fourth-order valence-corrected chi connectivity index (χ4v) is 2.22. The highest BCUT2D eigenvalue weighted by atomic mass is 16.3. The number of aliphatic hydroxyl groups excluding tert-OH is 1. The number of Topliss-reactive ketones (excluding diaryl/α,β-unsaturated/α-hetero) is 1. The van der Waals surface area contributed by atoms with Crippen molar-refractivity contribution in [2.24, 2.45) is 0 Å². The number of hydrogen-bond donors (Lipinski definition) is 2. The molecule has 1 aromatic carbocycles. The van der Waals surface area contributed by atoms with Gasteiger partial charge in [-0.2, -0.15) is 0 Å². The molecule has 0 amide bonds. The summed E-state index contributed by atoms with van der Waals surface area (Å²) in [7, 11) is 0. The van der Waals surface area contributed by atoms with Crippen molar-refractivity contribution < 1.29 is 9.90 Å². The molecule has 4 nitrogen and oxygen atoms in total. The number of aliphatic hydroxyl groups is 1. The normalized spacial score (nSPS) is 11.6. The Hall–Kier alpha value is -1.65.